The van der Waals surface area contributed by atoms with Crippen LogP contribution in [-0.4, -0.2) is 53.4 Å². The van der Waals surface area contributed by atoms with Crippen molar-refractivity contribution in [2.45, 2.75) is 64.2 Å². The van der Waals surface area contributed by atoms with Crippen molar-refractivity contribution in [2.24, 2.45) is 11.8 Å². The highest BCUT2D eigenvalue weighted by Crippen LogP contribution is 2.40. The molecule has 206 valence electrons. The van der Waals surface area contributed by atoms with Crippen LogP contribution in [0.3, 0.4) is 0 Å². The molecule has 0 radical (unpaired) electrons. The van der Waals surface area contributed by atoms with Crippen molar-refractivity contribution in [1.29, 1.82) is 0 Å². The highest BCUT2D eigenvalue weighted by atomic mass is 35.5. The number of nitrogens with zero attached hydrogens (tertiary/aromatic N) is 7. The van der Waals surface area contributed by atoms with Gasteiger partial charge in [-0.2, -0.15) is 18.2 Å². The second-order valence-electron chi connectivity index (χ2n) is 10.4. The van der Waals surface area contributed by atoms with Gasteiger partial charge in [0.25, 0.3) is 0 Å². The standard InChI is InChI=1S/C25H26ClF3N8O2/c1-13-4-6-14(7-5-13)12-37-19-18(15-9-16(26)11-30-10-15)31-21(22-34-24(38)39-35-22)32-20(19)33-23(37)36-8-2-3-17(36)25(27,28)29/h9-11,13-14,17H,2-8,12H2,1H3,(H,34,35,38)/t13-,14-,17-/m0/s1. The van der Waals surface area contributed by atoms with Crippen molar-refractivity contribution in [3.63, 3.8) is 0 Å². The quantitative estimate of drug-likeness (QED) is 0.351. The number of halogens is 4. The third kappa shape index (κ3) is 4.99. The molecule has 0 spiro atoms. The summed E-state index contributed by atoms with van der Waals surface area (Å²) in [5.74, 6) is 0.296. The number of aromatic amines is 1. The van der Waals surface area contributed by atoms with Gasteiger partial charge in [0.05, 0.1) is 5.02 Å². The Hall–Kier alpha value is -3.48. The van der Waals surface area contributed by atoms with Crippen LogP contribution in [0.15, 0.2) is 27.8 Å². The van der Waals surface area contributed by atoms with Gasteiger partial charge in [0, 0.05) is 31.0 Å². The third-order valence-electron chi connectivity index (χ3n) is 7.68. The molecule has 1 aliphatic heterocycles. The van der Waals surface area contributed by atoms with Crippen LogP contribution in [0.25, 0.3) is 34.1 Å². The maximum Gasteiger partial charge on any atom is 0.439 e. The number of H-pyrrole nitrogens is 1. The van der Waals surface area contributed by atoms with Crippen LogP contribution in [0.2, 0.25) is 5.02 Å². The van der Waals surface area contributed by atoms with E-state index in [1.807, 2.05) is 4.57 Å². The van der Waals surface area contributed by atoms with E-state index in [9.17, 15) is 18.0 Å². The molecule has 0 unspecified atom stereocenters. The number of nitrogens with one attached hydrogen (secondary N) is 1. The topological polar surface area (TPSA) is 119 Å². The normalized spacial score (nSPS) is 22.2. The monoisotopic (exact) mass is 562 g/mol. The predicted octanol–water partition coefficient (Wildman–Crippen LogP) is 5.24. The molecule has 6 rings (SSSR count). The Morgan fingerprint density at radius 1 is 1.13 bits per heavy atom. The first kappa shape index (κ1) is 25.8. The third-order valence-corrected chi connectivity index (χ3v) is 7.88. The fourth-order valence-electron chi connectivity index (χ4n) is 5.71. The lowest BCUT2D eigenvalue weighted by Gasteiger charge is -2.31. The van der Waals surface area contributed by atoms with E-state index in [0.717, 1.165) is 25.7 Å². The van der Waals surface area contributed by atoms with E-state index in [2.05, 4.69) is 41.5 Å². The van der Waals surface area contributed by atoms with Gasteiger partial charge in [-0.1, -0.05) is 36.5 Å². The zero-order chi connectivity index (χ0) is 27.3. The first-order chi connectivity index (χ1) is 18.7. The molecule has 2 aliphatic rings. The first-order valence-corrected chi connectivity index (χ1v) is 13.3. The number of pyridine rings is 1. The van der Waals surface area contributed by atoms with E-state index >= 15 is 0 Å². The number of hydrogen-bond acceptors (Lipinski definition) is 8. The zero-order valence-electron chi connectivity index (χ0n) is 21.1. The van der Waals surface area contributed by atoms with Gasteiger partial charge in [-0.15, -0.1) is 0 Å². The van der Waals surface area contributed by atoms with Crippen molar-refractivity contribution in [3.05, 3.63) is 34.0 Å². The van der Waals surface area contributed by atoms with E-state index in [1.54, 1.807) is 12.3 Å². The maximum absolute atomic E-state index is 14.1. The van der Waals surface area contributed by atoms with Crippen molar-refractivity contribution < 1.29 is 17.7 Å². The molecule has 0 bridgehead atoms. The van der Waals surface area contributed by atoms with Gasteiger partial charge in [0.2, 0.25) is 17.6 Å². The van der Waals surface area contributed by atoms with Crippen LogP contribution >= 0.6 is 11.6 Å². The highest BCUT2D eigenvalue weighted by Gasteiger charge is 2.47. The number of imidazole rings is 1. The minimum absolute atomic E-state index is 0.00414. The molecule has 1 N–H and O–H groups in total. The summed E-state index contributed by atoms with van der Waals surface area (Å²) in [7, 11) is 0. The second-order valence-corrected chi connectivity index (χ2v) is 10.9. The summed E-state index contributed by atoms with van der Waals surface area (Å²) in [5.41, 5.74) is 1.57. The molecule has 10 nitrogen and oxygen atoms in total. The molecule has 0 aromatic carbocycles. The van der Waals surface area contributed by atoms with Crippen molar-refractivity contribution in [2.75, 3.05) is 11.4 Å². The molecule has 14 heteroatoms. The fraction of sp³-hybridized carbons (Fsp3) is 0.520. The molecule has 4 aromatic rings. The summed E-state index contributed by atoms with van der Waals surface area (Å²) in [4.78, 5) is 33.4. The Bertz CT molecular complexity index is 1560. The molecule has 0 amide bonds. The number of alkyl halides is 3. The van der Waals surface area contributed by atoms with E-state index in [0.29, 0.717) is 40.7 Å². The molecule has 4 aromatic heterocycles. The zero-order valence-corrected chi connectivity index (χ0v) is 21.8. The van der Waals surface area contributed by atoms with Crippen LogP contribution < -0.4 is 10.7 Å². The smallest absolute Gasteiger partial charge is 0.330 e. The van der Waals surface area contributed by atoms with Crippen LogP contribution in [0.4, 0.5) is 19.1 Å². The number of rotatable bonds is 5. The van der Waals surface area contributed by atoms with Crippen LogP contribution in [0.5, 0.6) is 0 Å². The summed E-state index contributed by atoms with van der Waals surface area (Å²) in [5, 5.41) is 4.05. The average Bonchev–Trinajstić information content (AvgIpc) is 3.63. The minimum atomic E-state index is -4.41. The minimum Gasteiger partial charge on any atom is -0.330 e. The van der Waals surface area contributed by atoms with Crippen molar-refractivity contribution in [1.82, 2.24) is 34.6 Å². The largest absolute Gasteiger partial charge is 0.439 e. The van der Waals surface area contributed by atoms with Gasteiger partial charge >= 0.3 is 11.9 Å². The molecule has 1 saturated heterocycles. The van der Waals surface area contributed by atoms with E-state index in [1.165, 1.54) is 11.1 Å². The number of hydrogen-bond donors (Lipinski definition) is 1. The van der Waals surface area contributed by atoms with Gasteiger partial charge in [-0.05, 0) is 43.6 Å². The number of anilines is 1. The summed E-state index contributed by atoms with van der Waals surface area (Å²) in [6.07, 6.45) is 3.09. The average molecular weight is 563 g/mol. The van der Waals surface area contributed by atoms with Gasteiger partial charge in [-0.3, -0.25) is 14.5 Å². The first-order valence-electron chi connectivity index (χ1n) is 13.0. The number of aromatic nitrogens is 7. The number of fused-ring (bicyclic) bond motifs is 1. The summed E-state index contributed by atoms with van der Waals surface area (Å²) < 4.78 is 48.7. The Morgan fingerprint density at radius 3 is 2.62 bits per heavy atom. The Kier molecular flexibility index (Phi) is 6.56. The van der Waals surface area contributed by atoms with Crippen molar-refractivity contribution >= 4 is 28.7 Å². The van der Waals surface area contributed by atoms with Gasteiger partial charge < -0.3 is 9.47 Å². The van der Waals surface area contributed by atoms with E-state index in [4.69, 9.17) is 11.6 Å². The van der Waals surface area contributed by atoms with Crippen LogP contribution in [0, 0.1) is 11.8 Å². The fourth-order valence-corrected chi connectivity index (χ4v) is 5.88. The Labute approximate surface area is 225 Å². The van der Waals surface area contributed by atoms with Gasteiger partial charge in [0.1, 0.15) is 17.3 Å². The Balaban J connectivity index is 1.59. The van der Waals surface area contributed by atoms with E-state index < -0.39 is 18.0 Å². The molecule has 5 heterocycles. The summed E-state index contributed by atoms with van der Waals surface area (Å²) in [6.45, 7) is 2.92. The van der Waals surface area contributed by atoms with Crippen molar-refractivity contribution in [3.8, 4) is 22.9 Å². The van der Waals surface area contributed by atoms with Crippen LogP contribution in [0.1, 0.15) is 45.4 Å². The lowest BCUT2D eigenvalue weighted by molar-refractivity contribution is -0.146. The molecule has 1 aliphatic carbocycles. The lowest BCUT2D eigenvalue weighted by Crippen LogP contribution is -2.42. The summed E-state index contributed by atoms with van der Waals surface area (Å²) in [6, 6.07) is 0.0225. The van der Waals surface area contributed by atoms with Gasteiger partial charge in [0.15, 0.2) is 5.65 Å². The van der Waals surface area contributed by atoms with E-state index in [-0.39, 0.29) is 42.1 Å². The highest BCUT2D eigenvalue weighted by molar-refractivity contribution is 6.30. The molecular weight excluding hydrogens is 537 g/mol. The molecular formula is C25H26ClF3N8O2. The second kappa shape index (κ2) is 9.92. The lowest BCUT2D eigenvalue weighted by atomic mass is 9.83. The molecule has 1 atom stereocenters. The molecule has 1 saturated carbocycles. The molecule has 2 fully saturated rings. The maximum atomic E-state index is 14.1. The Morgan fingerprint density at radius 2 is 1.92 bits per heavy atom. The van der Waals surface area contributed by atoms with Crippen LogP contribution in [-0.2, 0) is 6.54 Å². The summed E-state index contributed by atoms with van der Waals surface area (Å²) >= 11 is 6.26. The SMILES string of the molecule is C[C@H]1CC[C@H](Cn2c(N3CCC[C@H]3C(F)(F)F)nc3nc(-c4noc(=O)[nH]4)nc(-c4cncc(Cl)c4)c32)CC1. The molecule has 39 heavy (non-hydrogen) atoms. The van der Waals surface area contributed by atoms with Gasteiger partial charge in [-0.25, -0.2) is 14.8 Å². The predicted molar refractivity (Wildman–Crippen MR) is 137 cm³/mol.